The first-order valence-electron chi connectivity index (χ1n) is 9.33. The first-order valence-corrected chi connectivity index (χ1v) is 9.33. The summed E-state index contributed by atoms with van der Waals surface area (Å²) >= 11 is 0. The number of aromatic hydroxyl groups is 3. The summed E-state index contributed by atoms with van der Waals surface area (Å²) in [6.07, 6.45) is -7.31. The van der Waals surface area contributed by atoms with Crippen molar-refractivity contribution in [3.63, 3.8) is 0 Å². The van der Waals surface area contributed by atoms with Crippen LogP contribution in [0.2, 0.25) is 0 Å². The van der Waals surface area contributed by atoms with Crippen LogP contribution in [-0.4, -0.2) is 71.9 Å². The highest BCUT2D eigenvalue weighted by Crippen LogP contribution is 2.49. The molecule has 9 nitrogen and oxygen atoms in total. The number of hydrogen-bond donors (Lipinski definition) is 8. The lowest BCUT2D eigenvalue weighted by Crippen LogP contribution is -2.55. The molecule has 0 unspecified atom stereocenters. The molecule has 0 aromatic heterocycles. The Morgan fingerprint density at radius 3 is 2.17 bits per heavy atom. The van der Waals surface area contributed by atoms with Gasteiger partial charge in [0, 0.05) is 0 Å². The molecule has 1 heterocycles. The number of aliphatic hydroxyl groups is 5. The molecular weight excluding hydrogens is 396 g/mol. The molecule has 0 aliphatic carbocycles. The average Bonchev–Trinajstić information content (AvgIpc) is 2.73. The highest BCUT2D eigenvalue weighted by Gasteiger charge is 2.45. The minimum Gasteiger partial charge on any atom is -0.507 e. The van der Waals surface area contributed by atoms with E-state index in [1.165, 1.54) is 24.3 Å². The number of ether oxygens (including phenoxy) is 1. The smallest absolute Gasteiger partial charge is 0.138 e. The normalized spacial score (nSPS) is 27.0. The predicted octanol–water partition coefficient (Wildman–Crippen LogP) is 0.117. The maximum Gasteiger partial charge on any atom is 0.138 e. The lowest BCUT2D eigenvalue weighted by molar-refractivity contribution is -0.231. The van der Waals surface area contributed by atoms with Gasteiger partial charge < -0.3 is 45.6 Å². The lowest BCUT2D eigenvalue weighted by Gasteiger charge is -2.41. The van der Waals surface area contributed by atoms with Crippen LogP contribution in [0, 0.1) is 0 Å². The van der Waals surface area contributed by atoms with Gasteiger partial charge in [0.1, 0.15) is 47.8 Å². The van der Waals surface area contributed by atoms with Gasteiger partial charge in [0.25, 0.3) is 0 Å². The summed E-state index contributed by atoms with van der Waals surface area (Å²) in [6, 6.07) is 7.13. The van der Waals surface area contributed by atoms with E-state index in [0.717, 1.165) is 0 Å². The van der Waals surface area contributed by atoms with Gasteiger partial charge in [-0.1, -0.05) is 12.1 Å². The molecule has 3 aromatic rings. The molecule has 0 radical (unpaired) electrons. The molecule has 3 aromatic carbocycles. The fourth-order valence-corrected chi connectivity index (χ4v) is 4.17. The molecule has 1 fully saturated rings. The van der Waals surface area contributed by atoms with E-state index >= 15 is 0 Å². The Balaban J connectivity index is 2.12. The summed E-state index contributed by atoms with van der Waals surface area (Å²) in [7, 11) is 0. The molecule has 0 saturated carbocycles. The molecule has 4 rings (SSSR count). The van der Waals surface area contributed by atoms with Crippen molar-refractivity contribution in [3.05, 3.63) is 41.5 Å². The van der Waals surface area contributed by atoms with Crippen molar-refractivity contribution in [2.24, 2.45) is 0 Å². The third-order valence-electron chi connectivity index (χ3n) is 5.63. The number of phenolic OH excluding ortho intramolecular Hbond substituents is 3. The molecule has 8 N–H and O–H groups in total. The molecular formula is C21H22O9. The Morgan fingerprint density at radius 2 is 1.50 bits per heavy atom. The van der Waals surface area contributed by atoms with Crippen LogP contribution in [0.4, 0.5) is 0 Å². The van der Waals surface area contributed by atoms with Crippen LogP contribution in [0.3, 0.4) is 0 Å². The standard InChI is InChI=1S/C21H22O9/c22-6-8-4-10-14(21-20(29)19(28)17(26)13(7-23)30-21)9-2-1-3-11(24)15(9)18(27)16(10)12(25)5-8/h1-5,13,17,19-29H,6-7H2/t13-,17-,19+,20-,21+/m1/s1. The fourth-order valence-electron chi connectivity index (χ4n) is 4.17. The van der Waals surface area contributed by atoms with Gasteiger partial charge in [0.05, 0.1) is 24.0 Å². The summed E-state index contributed by atoms with van der Waals surface area (Å²) in [6.45, 7) is -1.05. The second-order valence-corrected chi connectivity index (χ2v) is 7.41. The third-order valence-corrected chi connectivity index (χ3v) is 5.63. The third kappa shape index (κ3) is 2.95. The van der Waals surface area contributed by atoms with Gasteiger partial charge in [0.2, 0.25) is 0 Å². The van der Waals surface area contributed by atoms with E-state index in [9.17, 15) is 40.9 Å². The topological polar surface area (TPSA) is 171 Å². The van der Waals surface area contributed by atoms with Crippen molar-refractivity contribution in [3.8, 4) is 17.2 Å². The second-order valence-electron chi connectivity index (χ2n) is 7.41. The summed E-state index contributed by atoms with van der Waals surface area (Å²) in [5.41, 5.74) is 0.515. The van der Waals surface area contributed by atoms with Gasteiger partial charge in [-0.3, -0.25) is 0 Å². The van der Waals surface area contributed by atoms with E-state index in [4.69, 9.17) is 4.74 Å². The maximum atomic E-state index is 10.8. The lowest BCUT2D eigenvalue weighted by atomic mass is 9.85. The minimum atomic E-state index is -1.65. The molecule has 5 atom stereocenters. The first-order chi connectivity index (χ1) is 14.3. The number of benzene rings is 3. The van der Waals surface area contributed by atoms with Crippen LogP contribution in [0.15, 0.2) is 30.3 Å². The van der Waals surface area contributed by atoms with Crippen molar-refractivity contribution in [1.29, 1.82) is 0 Å². The second kappa shape index (κ2) is 7.55. The monoisotopic (exact) mass is 418 g/mol. The minimum absolute atomic E-state index is 0.0102. The zero-order chi connectivity index (χ0) is 21.7. The van der Waals surface area contributed by atoms with Crippen molar-refractivity contribution >= 4 is 21.5 Å². The van der Waals surface area contributed by atoms with Crippen molar-refractivity contribution in [2.45, 2.75) is 37.1 Å². The highest BCUT2D eigenvalue weighted by atomic mass is 16.5. The Bertz CT molecular complexity index is 1110. The molecule has 1 aliphatic rings. The summed E-state index contributed by atoms with van der Waals surface area (Å²) in [5, 5.41) is 82.2. The van der Waals surface area contributed by atoms with Gasteiger partial charge in [-0.05, 0) is 40.1 Å². The molecule has 30 heavy (non-hydrogen) atoms. The van der Waals surface area contributed by atoms with E-state index in [0.29, 0.717) is 5.56 Å². The zero-order valence-electron chi connectivity index (χ0n) is 15.7. The van der Waals surface area contributed by atoms with Gasteiger partial charge in [-0.25, -0.2) is 0 Å². The van der Waals surface area contributed by atoms with Crippen molar-refractivity contribution in [1.82, 2.24) is 0 Å². The van der Waals surface area contributed by atoms with E-state index in [2.05, 4.69) is 0 Å². The van der Waals surface area contributed by atoms with E-state index in [1.54, 1.807) is 6.07 Å². The highest BCUT2D eigenvalue weighted by molar-refractivity contribution is 6.12. The first kappa shape index (κ1) is 20.6. The van der Waals surface area contributed by atoms with Crippen LogP contribution >= 0.6 is 0 Å². The number of hydrogen-bond acceptors (Lipinski definition) is 9. The number of fused-ring (bicyclic) bond motifs is 2. The number of phenols is 3. The van der Waals surface area contributed by atoms with Crippen LogP contribution < -0.4 is 0 Å². The number of aliphatic hydroxyl groups excluding tert-OH is 5. The molecule has 0 spiro atoms. The SMILES string of the molecule is OCc1cc(O)c2c(O)c3c(O)cccc3c([C@@H]3O[C@H](CO)[C@@H](O)[C@H](O)[C@H]3O)c2c1. The molecule has 0 bridgehead atoms. The molecule has 1 aliphatic heterocycles. The largest absolute Gasteiger partial charge is 0.507 e. The van der Waals surface area contributed by atoms with E-state index in [1.807, 2.05) is 0 Å². The summed E-state index contributed by atoms with van der Waals surface area (Å²) < 4.78 is 5.71. The molecule has 9 heteroatoms. The summed E-state index contributed by atoms with van der Waals surface area (Å²) in [4.78, 5) is 0. The van der Waals surface area contributed by atoms with Crippen LogP contribution in [-0.2, 0) is 11.3 Å². The Kier molecular flexibility index (Phi) is 5.18. The van der Waals surface area contributed by atoms with E-state index < -0.39 is 49.5 Å². The Morgan fingerprint density at radius 1 is 0.800 bits per heavy atom. The predicted molar refractivity (Wildman–Crippen MR) is 105 cm³/mol. The van der Waals surface area contributed by atoms with Gasteiger partial charge in [0.15, 0.2) is 0 Å². The van der Waals surface area contributed by atoms with Crippen LogP contribution in [0.5, 0.6) is 17.2 Å². The molecule has 1 saturated heterocycles. The Hall–Kier alpha value is -2.66. The van der Waals surface area contributed by atoms with Crippen molar-refractivity contribution < 1.29 is 45.6 Å². The average molecular weight is 418 g/mol. The van der Waals surface area contributed by atoms with Crippen molar-refractivity contribution in [2.75, 3.05) is 6.61 Å². The van der Waals surface area contributed by atoms with Gasteiger partial charge >= 0.3 is 0 Å². The molecule has 0 amide bonds. The van der Waals surface area contributed by atoms with Gasteiger partial charge in [-0.2, -0.15) is 0 Å². The maximum absolute atomic E-state index is 10.8. The Labute approximate surface area is 170 Å². The van der Waals surface area contributed by atoms with Gasteiger partial charge in [-0.15, -0.1) is 0 Å². The van der Waals surface area contributed by atoms with E-state index in [-0.39, 0.29) is 38.6 Å². The van der Waals surface area contributed by atoms with Crippen LogP contribution in [0.1, 0.15) is 17.2 Å². The fraction of sp³-hybridized carbons (Fsp3) is 0.333. The zero-order valence-corrected chi connectivity index (χ0v) is 15.7. The number of rotatable bonds is 3. The quantitative estimate of drug-likeness (QED) is 0.275. The van der Waals surface area contributed by atoms with Crippen LogP contribution in [0.25, 0.3) is 21.5 Å². The molecule has 160 valence electrons. The summed E-state index contributed by atoms with van der Waals surface area (Å²) in [5.74, 6) is -1.07.